The van der Waals surface area contributed by atoms with Crippen molar-refractivity contribution in [3.05, 3.63) is 29.6 Å². The van der Waals surface area contributed by atoms with Gasteiger partial charge in [-0.15, -0.1) is 0 Å². The first-order valence-electron chi connectivity index (χ1n) is 6.41. The van der Waals surface area contributed by atoms with Crippen molar-refractivity contribution in [2.24, 2.45) is 5.41 Å². The van der Waals surface area contributed by atoms with Gasteiger partial charge in [0.2, 0.25) is 0 Å². The van der Waals surface area contributed by atoms with Gasteiger partial charge in [0.1, 0.15) is 0 Å². The van der Waals surface area contributed by atoms with Gasteiger partial charge in [0.15, 0.2) is 0 Å². The minimum absolute atomic E-state index is 0.233. The summed E-state index contributed by atoms with van der Waals surface area (Å²) in [7, 11) is 0. The number of nitrogens with zero attached hydrogens (tertiary/aromatic N) is 1. The molecule has 1 heterocycles. The molecule has 0 fully saturated rings. The Labute approximate surface area is 114 Å². The Morgan fingerprint density at radius 2 is 2.11 bits per heavy atom. The Bertz CT molecular complexity index is 427. The zero-order chi connectivity index (χ0) is 14.5. The third kappa shape index (κ3) is 5.26. The van der Waals surface area contributed by atoms with E-state index in [1.807, 2.05) is 39.8 Å². The maximum Gasteiger partial charge on any atom is 0.315 e. The molecule has 0 spiro atoms. The number of urea groups is 1. The van der Waals surface area contributed by atoms with E-state index in [2.05, 4.69) is 15.6 Å². The molecule has 0 aromatic carbocycles. The summed E-state index contributed by atoms with van der Waals surface area (Å²) in [6.45, 7) is 8.34. The van der Waals surface area contributed by atoms with Crippen molar-refractivity contribution < 1.29 is 9.90 Å². The Hall–Kier alpha value is -1.62. The molecule has 1 aromatic heterocycles. The zero-order valence-electron chi connectivity index (χ0n) is 12.0. The van der Waals surface area contributed by atoms with Crippen LogP contribution >= 0.6 is 0 Å². The Balaban J connectivity index is 2.35. The first-order chi connectivity index (χ1) is 8.80. The van der Waals surface area contributed by atoms with E-state index in [4.69, 9.17) is 0 Å². The smallest absolute Gasteiger partial charge is 0.315 e. The number of hydrogen-bond donors (Lipinski definition) is 3. The Morgan fingerprint density at radius 3 is 2.68 bits per heavy atom. The van der Waals surface area contributed by atoms with Crippen LogP contribution in [0.4, 0.5) is 4.79 Å². The average molecular weight is 265 g/mol. The molecule has 3 N–H and O–H groups in total. The number of nitrogens with one attached hydrogen (secondary N) is 2. The van der Waals surface area contributed by atoms with Crippen molar-refractivity contribution in [3.63, 3.8) is 0 Å². The fraction of sp³-hybridized carbons (Fsp3) is 0.571. The molecule has 106 valence electrons. The Morgan fingerprint density at radius 1 is 1.42 bits per heavy atom. The topological polar surface area (TPSA) is 74.2 Å². The minimum Gasteiger partial charge on any atom is -0.391 e. The summed E-state index contributed by atoms with van der Waals surface area (Å²) in [6.07, 6.45) is 1.13. The van der Waals surface area contributed by atoms with E-state index in [1.165, 1.54) is 0 Å². The fourth-order valence-corrected chi connectivity index (χ4v) is 1.43. The number of aryl methyl sites for hydroxylation is 1. The highest BCUT2D eigenvalue weighted by molar-refractivity contribution is 5.73. The van der Waals surface area contributed by atoms with E-state index in [1.54, 1.807) is 6.20 Å². The van der Waals surface area contributed by atoms with Crippen molar-refractivity contribution in [2.45, 2.75) is 40.3 Å². The Kier molecular flexibility index (Phi) is 5.30. The molecule has 0 saturated carbocycles. The first kappa shape index (κ1) is 15.4. The van der Waals surface area contributed by atoms with Crippen molar-refractivity contribution in [1.82, 2.24) is 15.6 Å². The van der Waals surface area contributed by atoms with Crippen LogP contribution in [0.3, 0.4) is 0 Å². The SMILES string of the molecule is Cc1cccnc1CNC(=O)NCC(O)C(C)(C)C. The number of rotatable bonds is 4. The molecule has 0 saturated heterocycles. The number of carbonyl (C=O) groups excluding carboxylic acids is 1. The van der Waals surface area contributed by atoms with Gasteiger partial charge in [0, 0.05) is 12.7 Å². The van der Waals surface area contributed by atoms with Crippen LogP contribution < -0.4 is 10.6 Å². The van der Waals surface area contributed by atoms with Crippen LogP contribution in [0.1, 0.15) is 32.0 Å². The monoisotopic (exact) mass is 265 g/mol. The molecule has 19 heavy (non-hydrogen) atoms. The van der Waals surface area contributed by atoms with E-state index in [9.17, 15) is 9.90 Å². The van der Waals surface area contributed by atoms with Gasteiger partial charge in [-0.1, -0.05) is 26.8 Å². The second-order valence-corrected chi connectivity index (χ2v) is 5.71. The molecule has 1 atom stereocenters. The maximum atomic E-state index is 11.6. The molecule has 0 aliphatic rings. The third-order valence-electron chi connectivity index (χ3n) is 2.99. The highest BCUT2D eigenvalue weighted by Crippen LogP contribution is 2.17. The van der Waals surface area contributed by atoms with E-state index in [0.717, 1.165) is 11.3 Å². The lowest BCUT2D eigenvalue weighted by atomic mass is 9.89. The second kappa shape index (κ2) is 6.52. The van der Waals surface area contributed by atoms with Crippen LogP contribution in [0.5, 0.6) is 0 Å². The van der Waals surface area contributed by atoms with E-state index >= 15 is 0 Å². The molecule has 1 unspecified atom stereocenters. The highest BCUT2D eigenvalue weighted by atomic mass is 16.3. The number of aliphatic hydroxyl groups excluding tert-OH is 1. The number of amides is 2. The molecule has 1 aromatic rings. The lowest BCUT2D eigenvalue weighted by Gasteiger charge is -2.25. The molecule has 2 amide bonds. The summed E-state index contributed by atoms with van der Waals surface area (Å²) in [5.74, 6) is 0. The average Bonchev–Trinajstić information content (AvgIpc) is 2.33. The normalized spacial score (nSPS) is 12.9. The fourth-order valence-electron chi connectivity index (χ4n) is 1.43. The first-order valence-corrected chi connectivity index (χ1v) is 6.41. The molecule has 0 bridgehead atoms. The van der Waals surface area contributed by atoms with Gasteiger partial charge >= 0.3 is 6.03 Å². The van der Waals surface area contributed by atoms with Crippen LogP contribution in [0.25, 0.3) is 0 Å². The van der Waals surface area contributed by atoms with Gasteiger partial charge in [-0.05, 0) is 24.0 Å². The van der Waals surface area contributed by atoms with Crippen LogP contribution in [0.15, 0.2) is 18.3 Å². The molecule has 5 heteroatoms. The van der Waals surface area contributed by atoms with Gasteiger partial charge in [-0.25, -0.2) is 4.79 Å². The summed E-state index contributed by atoms with van der Waals surface area (Å²) in [5.41, 5.74) is 1.64. The lowest BCUT2D eigenvalue weighted by molar-refractivity contribution is 0.0650. The number of aromatic nitrogens is 1. The summed E-state index contributed by atoms with van der Waals surface area (Å²) in [4.78, 5) is 15.8. The quantitative estimate of drug-likeness (QED) is 0.774. The van der Waals surface area contributed by atoms with Crippen LogP contribution in [-0.4, -0.2) is 28.8 Å². The highest BCUT2D eigenvalue weighted by Gasteiger charge is 2.22. The minimum atomic E-state index is -0.574. The van der Waals surface area contributed by atoms with Crippen molar-refractivity contribution in [2.75, 3.05) is 6.54 Å². The summed E-state index contributed by atoms with van der Waals surface area (Å²) in [5, 5.41) is 15.2. The lowest BCUT2D eigenvalue weighted by Crippen LogP contribution is -2.43. The van der Waals surface area contributed by atoms with Gasteiger partial charge in [-0.3, -0.25) is 4.98 Å². The van der Waals surface area contributed by atoms with Crippen molar-refractivity contribution >= 4 is 6.03 Å². The molecule has 1 rings (SSSR count). The largest absolute Gasteiger partial charge is 0.391 e. The molecule has 5 nitrogen and oxygen atoms in total. The van der Waals surface area contributed by atoms with E-state index < -0.39 is 6.10 Å². The summed E-state index contributed by atoms with van der Waals surface area (Å²) in [6, 6.07) is 3.51. The number of pyridine rings is 1. The van der Waals surface area contributed by atoms with Gasteiger partial charge < -0.3 is 15.7 Å². The van der Waals surface area contributed by atoms with Crippen LogP contribution in [-0.2, 0) is 6.54 Å². The van der Waals surface area contributed by atoms with Crippen LogP contribution in [0.2, 0.25) is 0 Å². The summed E-state index contributed by atoms with van der Waals surface area (Å²) < 4.78 is 0. The molecule has 0 aliphatic heterocycles. The third-order valence-corrected chi connectivity index (χ3v) is 2.99. The predicted octanol–water partition coefficient (Wildman–Crippen LogP) is 1.60. The van der Waals surface area contributed by atoms with E-state index in [0.29, 0.717) is 6.54 Å². The molecular weight excluding hydrogens is 242 g/mol. The van der Waals surface area contributed by atoms with Gasteiger partial charge in [-0.2, -0.15) is 0 Å². The predicted molar refractivity (Wildman–Crippen MR) is 74.7 cm³/mol. The molecule has 0 aliphatic carbocycles. The standard InChI is InChI=1S/C14H23N3O2/c1-10-6-5-7-15-11(10)8-16-13(19)17-9-12(18)14(2,3)4/h5-7,12,18H,8-9H2,1-4H3,(H2,16,17,19). The number of aliphatic hydroxyl groups is 1. The number of carbonyl (C=O) groups is 1. The van der Waals surface area contributed by atoms with Crippen LogP contribution in [0, 0.1) is 12.3 Å². The van der Waals surface area contributed by atoms with E-state index in [-0.39, 0.29) is 18.0 Å². The second-order valence-electron chi connectivity index (χ2n) is 5.71. The van der Waals surface area contributed by atoms with Crippen molar-refractivity contribution in [3.8, 4) is 0 Å². The van der Waals surface area contributed by atoms with Gasteiger partial charge in [0.25, 0.3) is 0 Å². The van der Waals surface area contributed by atoms with Crippen molar-refractivity contribution in [1.29, 1.82) is 0 Å². The maximum absolute atomic E-state index is 11.6. The molecule has 0 radical (unpaired) electrons. The zero-order valence-corrected chi connectivity index (χ0v) is 12.0. The number of hydrogen-bond acceptors (Lipinski definition) is 3. The van der Waals surface area contributed by atoms with Gasteiger partial charge in [0.05, 0.1) is 18.3 Å². The summed E-state index contributed by atoms with van der Waals surface area (Å²) >= 11 is 0. The molecular formula is C14H23N3O2.